The van der Waals surface area contributed by atoms with Gasteiger partial charge in [-0.2, -0.15) is 0 Å². The third kappa shape index (κ3) is 7.62. The van der Waals surface area contributed by atoms with E-state index in [1.54, 1.807) is 13.8 Å². The van der Waals surface area contributed by atoms with Crippen molar-refractivity contribution in [3.05, 3.63) is 0 Å². The van der Waals surface area contributed by atoms with Gasteiger partial charge in [0.2, 0.25) is 5.91 Å². The smallest absolute Gasteiger partial charge is 0.326 e. The van der Waals surface area contributed by atoms with Crippen LogP contribution in [0.1, 0.15) is 20.3 Å². The monoisotopic (exact) mass is 253 g/mol. The van der Waals surface area contributed by atoms with Crippen LogP contribution in [0.5, 0.6) is 0 Å². The molecule has 0 aliphatic rings. The van der Waals surface area contributed by atoms with Crippen LogP contribution in [0.25, 0.3) is 0 Å². The number of rotatable bonds is 8. The first-order valence-electron chi connectivity index (χ1n) is 5.22. The van der Waals surface area contributed by atoms with Gasteiger partial charge in [-0.1, -0.05) is 13.8 Å². The minimum absolute atomic E-state index is 0.136. The van der Waals surface area contributed by atoms with Crippen LogP contribution >= 0.6 is 0 Å². The number of carbonyl (C=O) groups is 2. The average Bonchev–Trinajstić information content (AvgIpc) is 2.19. The summed E-state index contributed by atoms with van der Waals surface area (Å²) < 4.78 is 27.9. The minimum Gasteiger partial charge on any atom is -0.480 e. The van der Waals surface area contributed by atoms with E-state index in [-0.39, 0.29) is 18.9 Å². The Kier molecular flexibility index (Phi) is 7.36. The standard InChI is InChI=1S/C10H17F2NO4/c1-6(2)9(10(15)16)13-8(14)3-4-17-5-7(11)12/h6-7,9H,3-5H2,1-2H3,(H,13,14)(H,15,16)/t9-/m0/s1. The average molecular weight is 253 g/mol. The number of hydrogen-bond acceptors (Lipinski definition) is 3. The summed E-state index contributed by atoms with van der Waals surface area (Å²) in [7, 11) is 0. The highest BCUT2D eigenvalue weighted by Gasteiger charge is 2.22. The second-order valence-corrected chi connectivity index (χ2v) is 3.84. The van der Waals surface area contributed by atoms with Crippen molar-refractivity contribution in [1.29, 1.82) is 0 Å². The minimum atomic E-state index is -2.57. The summed E-state index contributed by atoms with van der Waals surface area (Å²) >= 11 is 0. The zero-order valence-electron chi connectivity index (χ0n) is 9.78. The van der Waals surface area contributed by atoms with Gasteiger partial charge in [0.15, 0.2) is 0 Å². The largest absolute Gasteiger partial charge is 0.480 e. The van der Waals surface area contributed by atoms with Gasteiger partial charge in [0.25, 0.3) is 6.43 Å². The van der Waals surface area contributed by atoms with Crippen molar-refractivity contribution in [2.45, 2.75) is 32.7 Å². The van der Waals surface area contributed by atoms with Crippen LogP contribution in [0.2, 0.25) is 0 Å². The van der Waals surface area contributed by atoms with Crippen molar-refractivity contribution in [1.82, 2.24) is 5.32 Å². The first-order valence-corrected chi connectivity index (χ1v) is 5.22. The lowest BCUT2D eigenvalue weighted by atomic mass is 10.0. The Bertz CT molecular complexity index is 259. The van der Waals surface area contributed by atoms with E-state index in [0.717, 1.165) is 0 Å². The van der Waals surface area contributed by atoms with Crippen LogP contribution in [0.15, 0.2) is 0 Å². The van der Waals surface area contributed by atoms with Crippen LogP contribution in [0, 0.1) is 5.92 Å². The zero-order valence-corrected chi connectivity index (χ0v) is 9.78. The first kappa shape index (κ1) is 15.8. The Morgan fingerprint density at radius 1 is 1.35 bits per heavy atom. The predicted octanol–water partition coefficient (Wildman–Crippen LogP) is 0.884. The molecule has 0 radical (unpaired) electrons. The number of nitrogens with one attached hydrogen (secondary N) is 1. The molecule has 0 rings (SSSR count). The Hall–Kier alpha value is -1.24. The van der Waals surface area contributed by atoms with Gasteiger partial charge in [-0.25, -0.2) is 13.6 Å². The molecule has 0 aromatic heterocycles. The van der Waals surface area contributed by atoms with Crippen LogP contribution < -0.4 is 5.32 Å². The third-order valence-electron chi connectivity index (χ3n) is 1.97. The summed E-state index contributed by atoms with van der Waals surface area (Å²) in [6.07, 6.45) is -2.70. The molecule has 0 bridgehead atoms. The molecule has 0 heterocycles. The SMILES string of the molecule is CC(C)[C@H](NC(=O)CCOCC(F)F)C(=O)O. The lowest BCUT2D eigenvalue weighted by molar-refractivity contribution is -0.143. The number of amides is 1. The summed E-state index contributed by atoms with van der Waals surface area (Å²) in [6, 6.07) is -0.974. The number of ether oxygens (including phenoxy) is 1. The Balaban J connectivity index is 3.87. The second-order valence-electron chi connectivity index (χ2n) is 3.84. The Morgan fingerprint density at radius 2 is 1.94 bits per heavy atom. The van der Waals surface area contributed by atoms with Crippen molar-refractivity contribution < 1.29 is 28.2 Å². The zero-order chi connectivity index (χ0) is 13.4. The van der Waals surface area contributed by atoms with Crippen molar-refractivity contribution in [3.8, 4) is 0 Å². The Morgan fingerprint density at radius 3 is 2.35 bits per heavy atom. The summed E-state index contributed by atoms with van der Waals surface area (Å²) in [5, 5.41) is 11.1. The number of halogens is 2. The van der Waals surface area contributed by atoms with E-state index in [2.05, 4.69) is 10.1 Å². The van der Waals surface area contributed by atoms with Crippen LogP contribution in [0.4, 0.5) is 8.78 Å². The van der Waals surface area contributed by atoms with Gasteiger partial charge in [-0.3, -0.25) is 4.79 Å². The number of alkyl halides is 2. The molecule has 5 nitrogen and oxygen atoms in total. The molecule has 0 aromatic rings. The maximum absolute atomic E-state index is 11.7. The molecule has 0 aliphatic heterocycles. The summed E-state index contributed by atoms with van der Waals surface area (Å²) in [6.45, 7) is 2.44. The molecule has 7 heteroatoms. The fraction of sp³-hybridized carbons (Fsp3) is 0.800. The van der Waals surface area contributed by atoms with E-state index in [0.29, 0.717) is 0 Å². The molecule has 100 valence electrons. The van der Waals surface area contributed by atoms with Gasteiger partial charge in [-0.15, -0.1) is 0 Å². The van der Waals surface area contributed by atoms with Gasteiger partial charge in [0.05, 0.1) is 6.61 Å². The maximum Gasteiger partial charge on any atom is 0.326 e. The molecule has 0 saturated carbocycles. The molecular weight excluding hydrogens is 236 g/mol. The highest BCUT2D eigenvalue weighted by atomic mass is 19.3. The van der Waals surface area contributed by atoms with E-state index in [9.17, 15) is 18.4 Å². The first-order chi connectivity index (χ1) is 7.84. The molecule has 0 spiro atoms. The fourth-order valence-electron chi connectivity index (χ4n) is 1.10. The third-order valence-corrected chi connectivity index (χ3v) is 1.97. The lowest BCUT2D eigenvalue weighted by Crippen LogP contribution is -2.44. The van der Waals surface area contributed by atoms with Crippen LogP contribution in [-0.4, -0.2) is 42.7 Å². The van der Waals surface area contributed by atoms with Crippen molar-refractivity contribution in [2.75, 3.05) is 13.2 Å². The fourth-order valence-corrected chi connectivity index (χ4v) is 1.10. The predicted molar refractivity (Wildman–Crippen MR) is 55.8 cm³/mol. The van der Waals surface area contributed by atoms with E-state index >= 15 is 0 Å². The summed E-state index contributed by atoms with van der Waals surface area (Å²) in [5.41, 5.74) is 0. The topological polar surface area (TPSA) is 75.6 Å². The summed E-state index contributed by atoms with van der Waals surface area (Å²) in [5.74, 6) is -1.90. The van der Waals surface area contributed by atoms with Crippen LogP contribution in [0.3, 0.4) is 0 Å². The molecule has 1 amide bonds. The molecule has 0 fully saturated rings. The Labute approximate surface area is 98.1 Å². The van der Waals surface area contributed by atoms with Crippen molar-refractivity contribution in [3.63, 3.8) is 0 Å². The second kappa shape index (κ2) is 7.94. The molecule has 1 atom stereocenters. The molecule has 0 aliphatic carbocycles. The van der Waals surface area contributed by atoms with Gasteiger partial charge < -0.3 is 15.2 Å². The number of carboxylic acid groups (broad SMARTS) is 1. The van der Waals surface area contributed by atoms with E-state index in [1.807, 2.05) is 0 Å². The highest BCUT2D eigenvalue weighted by Crippen LogP contribution is 2.02. The quantitative estimate of drug-likeness (QED) is 0.630. The molecule has 0 aromatic carbocycles. The van der Waals surface area contributed by atoms with Gasteiger partial charge in [-0.05, 0) is 5.92 Å². The molecule has 2 N–H and O–H groups in total. The van der Waals surface area contributed by atoms with Crippen molar-refractivity contribution in [2.24, 2.45) is 5.92 Å². The highest BCUT2D eigenvalue weighted by molar-refractivity contribution is 5.83. The van der Waals surface area contributed by atoms with Crippen LogP contribution in [-0.2, 0) is 14.3 Å². The number of aliphatic carboxylic acids is 1. The molecule has 0 unspecified atom stereocenters. The van der Waals surface area contributed by atoms with E-state index < -0.39 is 31.0 Å². The molecule has 0 saturated heterocycles. The maximum atomic E-state index is 11.7. The molecular formula is C10H17F2NO4. The molecule has 17 heavy (non-hydrogen) atoms. The normalized spacial score (nSPS) is 12.8. The number of carboxylic acids is 1. The van der Waals surface area contributed by atoms with Gasteiger partial charge in [0.1, 0.15) is 12.6 Å². The van der Waals surface area contributed by atoms with E-state index in [1.165, 1.54) is 0 Å². The van der Waals surface area contributed by atoms with E-state index in [4.69, 9.17) is 5.11 Å². The van der Waals surface area contributed by atoms with Crippen molar-refractivity contribution >= 4 is 11.9 Å². The summed E-state index contributed by atoms with van der Waals surface area (Å²) in [4.78, 5) is 22.0. The van der Waals surface area contributed by atoms with Gasteiger partial charge >= 0.3 is 5.97 Å². The number of carbonyl (C=O) groups excluding carboxylic acids is 1. The van der Waals surface area contributed by atoms with Gasteiger partial charge in [0, 0.05) is 6.42 Å². The number of hydrogen-bond donors (Lipinski definition) is 2. The lowest BCUT2D eigenvalue weighted by Gasteiger charge is -2.17.